The van der Waals surface area contributed by atoms with Crippen LogP contribution in [0.1, 0.15) is 18.4 Å². The topological polar surface area (TPSA) is 87.6 Å². The van der Waals surface area contributed by atoms with E-state index in [1.165, 1.54) is 23.1 Å². The molecule has 3 aromatic rings. The summed E-state index contributed by atoms with van der Waals surface area (Å²) < 4.78 is 1.46. The van der Waals surface area contributed by atoms with Gasteiger partial charge in [-0.3, -0.25) is 9.89 Å². The van der Waals surface area contributed by atoms with Crippen LogP contribution in [0, 0.1) is 5.92 Å². The largest absolute Gasteiger partial charge is 0.324 e. The molecule has 0 bridgehead atoms. The van der Waals surface area contributed by atoms with Crippen molar-refractivity contribution in [1.29, 1.82) is 0 Å². The molecule has 1 aromatic carbocycles. The Morgan fingerprint density at radius 2 is 2.04 bits per heavy atom. The number of aromatic amines is 1. The molecule has 1 aliphatic heterocycles. The number of fused-ring (bicyclic) bond motifs is 1. The van der Waals surface area contributed by atoms with Crippen LogP contribution >= 0.6 is 0 Å². The molecular formula is C20H24N6O. The SMILES string of the molecule is C=CCn1[nH]c2nc(Nc3ccc(CC4CCNCC4)cc3)ncc2c1=O. The van der Waals surface area contributed by atoms with Crippen LogP contribution in [0.3, 0.4) is 0 Å². The number of H-pyrrole nitrogens is 1. The molecular weight excluding hydrogens is 340 g/mol. The Bertz CT molecular complexity index is 982. The number of benzene rings is 1. The van der Waals surface area contributed by atoms with Crippen LogP contribution < -0.4 is 16.2 Å². The third-order valence-electron chi connectivity index (χ3n) is 5.01. The van der Waals surface area contributed by atoms with Crippen LogP contribution in [0.5, 0.6) is 0 Å². The van der Waals surface area contributed by atoms with E-state index in [0.29, 0.717) is 23.5 Å². The summed E-state index contributed by atoms with van der Waals surface area (Å²) in [4.78, 5) is 20.8. The molecule has 4 rings (SSSR count). The average Bonchev–Trinajstić information content (AvgIpc) is 3.00. The second-order valence-electron chi connectivity index (χ2n) is 6.99. The minimum Gasteiger partial charge on any atom is -0.324 e. The van der Waals surface area contributed by atoms with Crippen LogP contribution in [0.15, 0.2) is 47.9 Å². The quantitative estimate of drug-likeness (QED) is 0.585. The molecule has 140 valence electrons. The fourth-order valence-corrected chi connectivity index (χ4v) is 3.54. The van der Waals surface area contributed by atoms with Gasteiger partial charge in [-0.25, -0.2) is 9.67 Å². The minimum atomic E-state index is -0.140. The molecule has 27 heavy (non-hydrogen) atoms. The lowest BCUT2D eigenvalue weighted by atomic mass is 9.91. The molecule has 7 nitrogen and oxygen atoms in total. The van der Waals surface area contributed by atoms with E-state index in [1.54, 1.807) is 12.3 Å². The molecule has 0 atom stereocenters. The molecule has 0 unspecified atom stereocenters. The lowest BCUT2D eigenvalue weighted by Crippen LogP contribution is -2.28. The van der Waals surface area contributed by atoms with Crippen molar-refractivity contribution in [1.82, 2.24) is 25.1 Å². The molecule has 1 saturated heterocycles. The number of aromatic nitrogens is 4. The summed E-state index contributed by atoms with van der Waals surface area (Å²) in [5, 5.41) is 10.1. The molecule has 0 radical (unpaired) electrons. The van der Waals surface area contributed by atoms with Crippen LogP contribution in [0.25, 0.3) is 11.0 Å². The Morgan fingerprint density at radius 3 is 2.78 bits per heavy atom. The number of hydrogen-bond donors (Lipinski definition) is 3. The molecule has 7 heteroatoms. The van der Waals surface area contributed by atoms with E-state index in [9.17, 15) is 4.79 Å². The average molecular weight is 364 g/mol. The predicted molar refractivity (Wildman–Crippen MR) is 107 cm³/mol. The van der Waals surface area contributed by atoms with Gasteiger partial charge in [0.05, 0.1) is 6.54 Å². The van der Waals surface area contributed by atoms with E-state index in [4.69, 9.17) is 0 Å². The van der Waals surface area contributed by atoms with Gasteiger partial charge in [0.15, 0.2) is 5.65 Å². The van der Waals surface area contributed by atoms with E-state index >= 15 is 0 Å². The monoisotopic (exact) mass is 364 g/mol. The highest BCUT2D eigenvalue weighted by Gasteiger charge is 2.13. The first-order valence-electron chi connectivity index (χ1n) is 9.36. The number of hydrogen-bond acceptors (Lipinski definition) is 5. The first-order chi connectivity index (χ1) is 13.2. The molecule has 0 aliphatic carbocycles. The summed E-state index contributed by atoms with van der Waals surface area (Å²) in [5.41, 5.74) is 2.66. The van der Waals surface area contributed by atoms with E-state index in [2.05, 4.69) is 56.5 Å². The lowest BCUT2D eigenvalue weighted by Gasteiger charge is -2.22. The minimum absolute atomic E-state index is 0.140. The van der Waals surface area contributed by atoms with E-state index in [-0.39, 0.29) is 5.56 Å². The van der Waals surface area contributed by atoms with Crippen molar-refractivity contribution in [3.05, 3.63) is 59.0 Å². The van der Waals surface area contributed by atoms with E-state index in [1.807, 2.05) is 0 Å². The van der Waals surface area contributed by atoms with Gasteiger partial charge >= 0.3 is 0 Å². The summed E-state index contributed by atoms with van der Waals surface area (Å²) in [6.07, 6.45) is 6.83. The van der Waals surface area contributed by atoms with Crippen molar-refractivity contribution in [2.75, 3.05) is 18.4 Å². The second kappa shape index (κ2) is 7.75. The fourth-order valence-electron chi connectivity index (χ4n) is 3.54. The van der Waals surface area contributed by atoms with Crippen molar-refractivity contribution < 1.29 is 0 Å². The van der Waals surface area contributed by atoms with Crippen LogP contribution in [-0.2, 0) is 13.0 Å². The van der Waals surface area contributed by atoms with Crippen molar-refractivity contribution in [3.63, 3.8) is 0 Å². The van der Waals surface area contributed by atoms with Gasteiger partial charge in [-0.1, -0.05) is 18.2 Å². The zero-order valence-corrected chi connectivity index (χ0v) is 15.2. The molecule has 1 fully saturated rings. The van der Waals surface area contributed by atoms with Gasteiger partial charge in [-0.05, 0) is 56.0 Å². The molecule has 0 amide bonds. The number of rotatable bonds is 6. The summed E-state index contributed by atoms with van der Waals surface area (Å²) in [5.74, 6) is 1.23. The second-order valence-corrected chi connectivity index (χ2v) is 6.99. The third kappa shape index (κ3) is 3.93. The maximum Gasteiger partial charge on any atom is 0.277 e. The number of allylic oxidation sites excluding steroid dienone is 1. The van der Waals surface area contributed by atoms with Gasteiger partial charge in [-0.15, -0.1) is 6.58 Å². The Kier molecular flexibility index (Phi) is 5.02. The fraction of sp³-hybridized carbons (Fsp3) is 0.350. The summed E-state index contributed by atoms with van der Waals surface area (Å²) >= 11 is 0. The molecule has 3 heterocycles. The standard InChI is InChI=1S/C20H24N6O/c1-2-11-26-19(27)17-13-22-20(24-18(17)25-26)23-16-5-3-14(4-6-16)12-15-7-9-21-10-8-15/h2-6,13,15,21H,1,7-12H2,(H2,22,23,24,25). The third-order valence-corrected chi connectivity index (χ3v) is 5.01. The Labute approximate surface area is 157 Å². The summed E-state index contributed by atoms with van der Waals surface area (Å²) in [6, 6.07) is 8.42. The Hall–Kier alpha value is -2.93. The Morgan fingerprint density at radius 1 is 1.26 bits per heavy atom. The highest BCUT2D eigenvalue weighted by Crippen LogP contribution is 2.20. The van der Waals surface area contributed by atoms with Crippen molar-refractivity contribution in [2.24, 2.45) is 5.92 Å². The smallest absolute Gasteiger partial charge is 0.277 e. The van der Waals surface area contributed by atoms with Crippen LogP contribution in [-0.4, -0.2) is 32.8 Å². The van der Waals surface area contributed by atoms with E-state index < -0.39 is 0 Å². The van der Waals surface area contributed by atoms with Crippen LogP contribution in [0.4, 0.5) is 11.6 Å². The lowest BCUT2D eigenvalue weighted by molar-refractivity contribution is 0.372. The maximum atomic E-state index is 12.2. The molecule has 1 aliphatic rings. The van der Waals surface area contributed by atoms with Gasteiger partial charge in [-0.2, -0.15) is 4.98 Å². The van der Waals surface area contributed by atoms with Gasteiger partial charge in [0.1, 0.15) is 5.39 Å². The van der Waals surface area contributed by atoms with Gasteiger partial charge in [0.25, 0.3) is 5.56 Å². The summed E-state index contributed by atoms with van der Waals surface area (Å²) in [6.45, 7) is 6.32. The van der Waals surface area contributed by atoms with Crippen molar-refractivity contribution in [3.8, 4) is 0 Å². The van der Waals surface area contributed by atoms with E-state index in [0.717, 1.165) is 31.1 Å². The highest BCUT2D eigenvalue weighted by atomic mass is 16.1. The first-order valence-corrected chi connectivity index (χ1v) is 9.36. The van der Waals surface area contributed by atoms with Crippen molar-refractivity contribution >= 4 is 22.7 Å². The number of anilines is 2. The van der Waals surface area contributed by atoms with Crippen LogP contribution in [0.2, 0.25) is 0 Å². The number of nitrogens with zero attached hydrogens (tertiary/aromatic N) is 3. The molecule has 0 saturated carbocycles. The molecule has 2 aromatic heterocycles. The molecule has 3 N–H and O–H groups in total. The van der Waals surface area contributed by atoms with Gasteiger partial charge < -0.3 is 10.6 Å². The van der Waals surface area contributed by atoms with Crippen molar-refractivity contribution in [2.45, 2.75) is 25.8 Å². The highest BCUT2D eigenvalue weighted by molar-refractivity contribution is 5.74. The normalized spacial score (nSPS) is 15.1. The predicted octanol–water partition coefficient (Wildman–Crippen LogP) is 2.59. The van der Waals surface area contributed by atoms with Gasteiger partial charge in [0, 0.05) is 11.9 Å². The molecule has 0 spiro atoms. The first kappa shape index (κ1) is 17.5. The number of nitrogens with one attached hydrogen (secondary N) is 3. The summed E-state index contributed by atoms with van der Waals surface area (Å²) in [7, 11) is 0. The van der Waals surface area contributed by atoms with Gasteiger partial charge in [0.2, 0.25) is 5.95 Å². The number of piperidine rings is 1. The Balaban J connectivity index is 1.46. The zero-order valence-electron chi connectivity index (χ0n) is 15.2. The zero-order chi connectivity index (χ0) is 18.6. The maximum absolute atomic E-state index is 12.2.